The van der Waals surface area contributed by atoms with Gasteiger partial charge in [-0.05, 0) is 25.0 Å². The average Bonchev–Trinajstić information content (AvgIpc) is 2.48. The molecule has 0 unspecified atom stereocenters. The largest absolute Gasteiger partial charge is 0.432 e. The number of hydrogen-bond acceptors (Lipinski definition) is 3. The van der Waals surface area contributed by atoms with Gasteiger partial charge in [0.25, 0.3) is 5.91 Å². The molecule has 0 spiro atoms. The Morgan fingerprint density at radius 1 is 1.39 bits per heavy atom. The van der Waals surface area contributed by atoms with E-state index >= 15 is 0 Å². The van der Waals surface area contributed by atoms with Crippen molar-refractivity contribution in [3.8, 4) is 5.75 Å². The van der Waals surface area contributed by atoms with E-state index in [1.54, 1.807) is 0 Å². The number of nitrogens with one attached hydrogen (secondary N) is 2. The van der Waals surface area contributed by atoms with Gasteiger partial charge in [0.2, 0.25) is 5.91 Å². The molecule has 23 heavy (non-hydrogen) atoms. The quantitative estimate of drug-likeness (QED) is 0.809. The highest BCUT2D eigenvalue weighted by atomic mass is 19.3. The third kappa shape index (κ3) is 4.33. The maximum atomic E-state index is 13.9. The number of alkyl halides is 2. The van der Waals surface area contributed by atoms with E-state index in [9.17, 15) is 27.2 Å². The first-order chi connectivity index (χ1) is 10.9. The summed E-state index contributed by atoms with van der Waals surface area (Å²) in [5, 5.41) is 4.90. The first kappa shape index (κ1) is 17.0. The van der Waals surface area contributed by atoms with Crippen LogP contribution in [0.3, 0.4) is 0 Å². The zero-order valence-electron chi connectivity index (χ0n) is 11.9. The van der Waals surface area contributed by atoms with Crippen molar-refractivity contribution in [3.63, 3.8) is 0 Å². The van der Waals surface area contributed by atoms with Gasteiger partial charge in [0, 0.05) is 19.0 Å². The minimum atomic E-state index is -3.30. The lowest BCUT2D eigenvalue weighted by atomic mass is 10.0. The fourth-order valence-electron chi connectivity index (χ4n) is 2.27. The first-order valence-electron chi connectivity index (χ1n) is 6.89. The van der Waals surface area contributed by atoms with Gasteiger partial charge >= 0.3 is 6.61 Å². The van der Waals surface area contributed by atoms with Crippen LogP contribution in [0, 0.1) is 11.6 Å². The monoisotopic (exact) mass is 334 g/mol. The molecule has 126 valence electrons. The van der Waals surface area contributed by atoms with Crippen LogP contribution in [0.2, 0.25) is 0 Å². The van der Waals surface area contributed by atoms with E-state index in [0.29, 0.717) is 31.4 Å². The molecule has 0 aromatic heterocycles. The summed E-state index contributed by atoms with van der Waals surface area (Å²) in [6.45, 7) is -3.33. The Balaban J connectivity index is 2.07. The van der Waals surface area contributed by atoms with Crippen molar-refractivity contribution >= 4 is 11.8 Å². The predicted molar refractivity (Wildman–Crippen MR) is 71.1 cm³/mol. The van der Waals surface area contributed by atoms with Gasteiger partial charge in [0.1, 0.15) is 11.4 Å². The summed E-state index contributed by atoms with van der Waals surface area (Å²) >= 11 is 0. The van der Waals surface area contributed by atoms with E-state index in [4.69, 9.17) is 0 Å². The maximum absolute atomic E-state index is 13.9. The van der Waals surface area contributed by atoms with E-state index in [0.717, 1.165) is 0 Å². The van der Waals surface area contributed by atoms with Crippen molar-refractivity contribution in [2.75, 3.05) is 6.54 Å². The Kier molecular flexibility index (Phi) is 5.41. The molecule has 1 aliphatic heterocycles. The van der Waals surface area contributed by atoms with Crippen LogP contribution in [0.1, 0.15) is 29.6 Å². The van der Waals surface area contributed by atoms with Crippen LogP contribution in [-0.2, 0) is 4.79 Å². The summed E-state index contributed by atoms with van der Waals surface area (Å²) in [4.78, 5) is 23.1. The van der Waals surface area contributed by atoms with Gasteiger partial charge in [-0.2, -0.15) is 8.78 Å². The molecule has 1 aliphatic rings. The molecule has 5 nitrogen and oxygen atoms in total. The minimum Gasteiger partial charge on any atom is -0.432 e. The van der Waals surface area contributed by atoms with Crippen LogP contribution in [0.5, 0.6) is 5.75 Å². The van der Waals surface area contributed by atoms with E-state index < -0.39 is 35.5 Å². The number of carbonyl (C=O) groups excluding carboxylic acids is 2. The molecule has 1 heterocycles. The summed E-state index contributed by atoms with van der Waals surface area (Å²) in [7, 11) is 0. The van der Waals surface area contributed by atoms with Crippen molar-refractivity contribution in [2.24, 2.45) is 0 Å². The Morgan fingerprint density at radius 2 is 2.13 bits per heavy atom. The third-order valence-corrected chi connectivity index (χ3v) is 3.33. The number of rotatable bonds is 5. The van der Waals surface area contributed by atoms with Crippen LogP contribution in [-0.4, -0.2) is 31.0 Å². The second-order valence-electron chi connectivity index (χ2n) is 4.98. The molecule has 1 saturated heterocycles. The molecule has 0 bridgehead atoms. The Morgan fingerprint density at radius 3 is 2.78 bits per heavy atom. The molecule has 1 atom stereocenters. The number of piperidine rings is 1. The van der Waals surface area contributed by atoms with Crippen LogP contribution in [0.4, 0.5) is 17.6 Å². The van der Waals surface area contributed by atoms with Crippen LogP contribution >= 0.6 is 0 Å². The lowest BCUT2D eigenvalue weighted by molar-refractivity contribution is -0.123. The standard InChI is InChI=1S/C14H14F4N2O3/c15-8-4-5-9(23-14(17)18)12(16)11(8)13(22)19-6-7-2-1-3-10(21)20-7/h4-5,7,14H,1-3,6H2,(H,19,22)(H,20,21)/t7-/m1/s1. The van der Waals surface area contributed by atoms with Gasteiger partial charge in [-0.15, -0.1) is 0 Å². The lowest BCUT2D eigenvalue weighted by Crippen LogP contribution is -2.46. The van der Waals surface area contributed by atoms with Crippen molar-refractivity contribution in [2.45, 2.75) is 31.9 Å². The number of amides is 2. The van der Waals surface area contributed by atoms with Gasteiger partial charge in [0.15, 0.2) is 11.6 Å². The number of hydrogen-bond donors (Lipinski definition) is 2. The van der Waals surface area contributed by atoms with Crippen molar-refractivity contribution in [1.82, 2.24) is 10.6 Å². The first-order valence-corrected chi connectivity index (χ1v) is 6.89. The van der Waals surface area contributed by atoms with E-state index in [2.05, 4.69) is 15.4 Å². The summed E-state index contributed by atoms with van der Waals surface area (Å²) < 4.78 is 55.7. The molecule has 2 N–H and O–H groups in total. The SMILES string of the molecule is O=C1CCC[C@H](CNC(=O)c2c(F)ccc(OC(F)F)c2F)N1. The zero-order valence-corrected chi connectivity index (χ0v) is 11.9. The Bertz CT molecular complexity index is 610. The molecule has 2 amide bonds. The van der Waals surface area contributed by atoms with Crippen molar-refractivity contribution < 1.29 is 31.9 Å². The number of carbonyl (C=O) groups is 2. The van der Waals surface area contributed by atoms with E-state index in [-0.39, 0.29) is 18.5 Å². The summed E-state index contributed by atoms with van der Waals surface area (Å²) in [6, 6.07) is 0.999. The number of halogens is 4. The van der Waals surface area contributed by atoms with Crippen LogP contribution < -0.4 is 15.4 Å². The smallest absolute Gasteiger partial charge is 0.387 e. The Labute approximate surface area is 129 Å². The molecule has 0 saturated carbocycles. The minimum absolute atomic E-state index is 0.0244. The highest BCUT2D eigenvalue weighted by molar-refractivity contribution is 5.95. The topological polar surface area (TPSA) is 67.4 Å². The molecule has 1 fully saturated rings. The third-order valence-electron chi connectivity index (χ3n) is 3.33. The fraction of sp³-hybridized carbons (Fsp3) is 0.429. The van der Waals surface area contributed by atoms with E-state index in [1.807, 2.05) is 0 Å². The summed E-state index contributed by atoms with van der Waals surface area (Å²) in [6.07, 6.45) is 1.65. The van der Waals surface area contributed by atoms with Gasteiger partial charge in [-0.25, -0.2) is 8.78 Å². The van der Waals surface area contributed by atoms with Crippen LogP contribution in [0.25, 0.3) is 0 Å². The second-order valence-corrected chi connectivity index (χ2v) is 4.98. The van der Waals surface area contributed by atoms with Crippen molar-refractivity contribution in [1.29, 1.82) is 0 Å². The highest BCUT2D eigenvalue weighted by Gasteiger charge is 2.24. The second kappa shape index (κ2) is 7.30. The fourth-order valence-corrected chi connectivity index (χ4v) is 2.27. The average molecular weight is 334 g/mol. The van der Waals surface area contributed by atoms with Gasteiger partial charge in [-0.1, -0.05) is 0 Å². The number of ether oxygens (including phenoxy) is 1. The zero-order chi connectivity index (χ0) is 17.0. The lowest BCUT2D eigenvalue weighted by Gasteiger charge is -2.23. The van der Waals surface area contributed by atoms with Crippen molar-refractivity contribution in [3.05, 3.63) is 29.3 Å². The number of benzene rings is 1. The van der Waals surface area contributed by atoms with Gasteiger partial charge in [0.05, 0.1) is 0 Å². The molecule has 9 heteroatoms. The van der Waals surface area contributed by atoms with Crippen LogP contribution in [0.15, 0.2) is 12.1 Å². The van der Waals surface area contributed by atoms with Gasteiger partial charge < -0.3 is 15.4 Å². The summed E-state index contributed by atoms with van der Waals surface area (Å²) in [5.74, 6) is -4.90. The molecule has 0 radical (unpaired) electrons. The van der Waals surface area contributed by atoms with E-state index in [1.165, 1.54) is 0 Å². The Hall–Kier alpha value is -2.32. The molecular weight excluding hydrogens is 320 g/mol. The molecule has 1 aromatic carbocycles. The van der Waals surface area contributed by atoms with Gasteiger partial charge in [-0.3, -0.25) is 9.59 Å². The predicted octanol–water partition coefficient (Wildman–Crippen LogP) is 1.96. The summed E-state index contributed by atoms with van der Waals surface area (Å²) in [5.41, 5.74) is -1.01. The maximum Gasteiger partial charge on any atom is 0.387 e. The molecule has 2 rings (SSSR count). The molecule has 0 aliphatic carbocycles. The normalized spacial score (nSPS) is 17.8. The molecule has 1 aromatic rings. The molecular formula is C14H14F4N2O3. The highest BCUT2D eigenvalue weighted by Crippen LogP contribution is 2.24.